The second kappa shape index (κ2) is 8.16. The van der Waals surface area contributed by atoms with Gasteiger partial charge in [-0.3, -0.25) is 0 Å². The Labute approximate surface area is 180 Å². The van der Waals surface area contributed by atoms with Crippen molar-refractivity contribution in [1.29, 1.82) is 0 Å². The van der Waals surface area contributed by atoms with Crippen LogP contribution in [0.4, 0.5) is 18.9 Å². The van der Waals surface area contributed by atoms with Gasteiger partial charge in [0.15, 0.2) is 0 Å². The number of piperidine rings is 1. The molecule has 3 N–H and O–H groups in total. The summed E-state index contributed by atoms with van der Waals surface area (Å²) in [5.41, 5.74) is 2.00. The first-order chi connectivity index (χ1) is 15.4. The molecule has 2 aromatic carbocycles. The molecule has 2 aliphatic heterocycles. The Morgan fingerprint density at radius 1 is 1.06 bits per heavy atom. The van der Waals surface area contributed by atoms with E-state index >= 15 is 0 Å². The third kappa shape index (κ3) is 4.14. The predicted molar refractivity (Wildman–Crippen MR) is 116 cm³/mol. The van der Waals surface area contributed by atoms with Crippen LogP contribution in [0.2, 0.25) is 0 Å². The van der Waals surface area contributed by atoms with Gasteiger partial charge in [-0.15, -0.1) is 0 Å². The van der Waals surface area contributed by atoms with Crippen molar-refractivity contribution in [3.05, 3.63) is 48.0 Å². The third-order valence-corrected chi connectivity index (χ3v) is 6.35. The van der Waals surface area contributed by atoms with E-state index in [1.54, 1.807) is 0 Å². The minimum absolute atomic E-state index is 0.305. The number of nitrogens with zero attached hydrogens (tertiary/aromatic N) is 2. The fourth-order valence-corrected chi connectivity index (χ4v) is 4.71. The number of nitrogens with one attached hydrogen (secondary N) is 3. The van der Waals surface area contributed by atoms with Crippen molar-refractivity contribution in [3.63, 3.8) is 0 Å². The lowest BCUT2D eigenvalue weighted by atomic mass is 9.87. The summed E-state index contributed by atoms with van der Waals surface area (Å²) in [5, 5.41) is 6.72. The van der Waals surface area contributed by atoms with Crippen molar-refractivity contribution in [2.24, 2.45) is 5.92 Å². The van der Waals surface area contributed by atoms with Gasteiger partial charge in [-0.1, -0.05) is 12.1 Å². The van der Waals surface area contributed by atoms with Crippen LogP contribution in [0.15, 0.2) is 42.5 Å². The molecule has 8 heteroatoms. The summed E-state index contributed by atoms with van der Waals surface area (Å²) in [6.07, 6.45) is -2.18. The number of hydrogen-bond donors (Lipinski definition) is 3. The monoisotopic (exact) mass is 430 g/mol. The molecule has 2 saturated heterocycles. The fourth-order valence-electron chi connectivity index (χ4n) is 4.71. The maximum Gasteiger partial charge on any atom is 0.416 e. The molecule has 164 valence electrons. The molecule has 2 unspecified atom stereocenters. The van der Waals surface area contributed by atoms with Crippen LogP contribution < -0.4 is 15.5 Å². The highest BCUT2D eigenvalue weighted by Crippen LogP contribution is 2.33. The van der Waals surface area contributed by atoms with Gasteiger partial charge in [0.25, 0.3) is 0 Å². The maximum absolute atomic E-state index is 13.1. The van der Waals surface area contributed by atoms with Crippen molar-refractivity contribution in [2.75, 3.05) is 37.6 Å². The van der Waals surface area contributed by atoms with Gasteiger partial charge in [-0.25, -0.2) is 4.98 Å². The number of rotatable bonds is 3. The molecular formula is C23H26F3N5. The molecule has 0 saturated carbocycles. The van der Waals surface area contributed by atoms with E-state index in [0.29, 0.717) is 35.4 Å². The number of fused-ring (bicyclic) bond motifs is 1. The zero-order valence-electron chi connectivity index (χ0n) is 18.0. The molecule has 5 rings (SSSR count). The van der Waals surface area contributed by atoms with E-state index < -0.39 is 11.7 Å². The quantitative estimate of drug-likeness (QED) is 0.587. The minimum Gasteiger partial charge on any atom is -0.366 e. The van der Waals surface area contributed by atoms with Gasteiger partial charge in [0.2, 0.25) is 0 Å². The van der Waals surface area contributed by atoms with Crippen LogP contribution in [0.25, 0.3) is 22.4 Å². The van der Waals surface area contributed by atoms with E-state index in [9.17, 15) is 13.2 Å². The highest BCUT2D eigenvalue weighted by molar-refractivity contribution is 5.80. The minimum atomic E-state index is -4.39. The van der Waals surface area contributed by atoms with E-state index in [2.05, 4.69) is 25.5 Å². The third-order valence-electron chi connectivity index (χ3n) is 6.35. The first-order valence-electron chi connectivity index (χ1n) is 11.3. The van der Waals surface area contributed by atoms with Crippen molar-refractivity contribution in [1.82, 2.24) is 20.6 Å². The lowest BCUT2D eigenvalue weighted by Crippen LogP contribution is -2.56. The molecule has 0 radical (unpaired) electrons. The van der Waals surface area contributed by atoms with Crippen molar-refractivity contribution in [2.45, 2.75) is 25.1 Å². The molecule has 2 atom stereocenters. The molecule has 3 aromatic rings. The summed E-state index contributed by atoms with van der Waals surface area (Å²) in [5.74, 6) is 1.09. The lowest BCUT2D eigenvalue weighted by Gasteiger charge is -2.43. The second-order valence-corrected chi connectivity index (χ2v) is 8.28. The molecular weight excluding hydrogens is 403 g/mol. The lowest BCUT2D eigenvalue weighted by molar-refractivity contribution is -0.137. The average Bonchev–Trinajstić information content (AvgIpc) is 3.23. The van der Waals surface area contributed by atoms with Crippen LogP contribution in [-0.2, 0) is 6.18 Å². The molecule has 5 nitrogen and oxygen atoms in total. The molecule has 3 heterocycles. The Balaban J connectivity index is 1.46. The largest absolute Gasteiger partial charge is 0.416 e. The normalized spacial score (nSPS) is 23.8. The topological polar surface area (TPSA) is 56.0 Å². The number of aromatic amines is 1. The Hall–Kier alpha value is -2.58. The highest BCUT2D eigenvalue weighted by Gasteiger charge is 2.32. The van der Waals surface area contributed by atoms with E-state index in [1.807, 2.05) is 24.3 Å². The maximum atomic E-state index is 13.1. The van der Waals surface area contributed by atoms with Crippen LogP contribution in [-0.4, -0.2) is 48.7 Å². The fraction of sp³-hybridized carbons (Fsp3) is 0.435. The molecule has 0 amide bonds. The molecule has 0 spiro atoms. The molecule has 1 aromatic heterocycles. The van der Waals surface area contributed by atoms with Crippen molar-refractivity contribution < 1.29 is 14.5 Å². The number of imidazole rings is 1. The van der Waals surface area contributed by atoms with Crippen molar-refractivity contribution in [3.8, 4) is 11.4 Å². The van der Waals surface area contributed by atoms with Gasteiger partial charge in [0, 0.05) is 38.3 Å². The summed E-state index contributed by atoms with van der Waals surface area (Å²) < 4.78 is 47.4. The summed E-state index contributed by atoms with van der Waals surface area (Å²) in [4.78, 5) is 9.89. The molecule has 31 heavy (non-hydrogen) atoms. The number of aromatic nitrogens is 2. The first-order valence-corrected chi connectivity index (χ1v) is 10.7. The van der Waals surface area contributed by atoms with Crippen LogP contribution in [0.3, 0.4) is 0 Å². The highest BCUT2D eigenvalue weighted by atomic mass is 19.4. The summed E-state index contributed by atoms with van der Waals surface area (Å²) >= 11 is 0. The number of alkyl halides is 3. The number of benzene rings is 2. The Morgan fingerprint density at radius 3 is 2.71 bits per heavy atom. The standard InChI is InChI=1S/C23H26F3N5/c24-23(25,26)17-4-5-19-20(13-17)30-22(29-19)16-2-1-3-18(12-16)31-11-10-28-14-21(31)15-6-8-27-9-7-15/h1-5,12-13,15,21,27-28H,6-11,14H2,(H,29,30)/i10D. The smallest absolute Gasteiger partial charge is 0.366 e. The number of anilines is 1. The molecule has 2 aliphatic rings. The molecule has 2 fully saturated rings. The Morgan fingerprint density at radius 2 is 1.90 bits per heavy atom. The van der Waals surface area contributed by atoms with Gasteiger partial charge in [0.05, 0.1) is 16.6 Å². The van der Waals surface area contributed by atoms with E-state index in [0.717, 1.165) is 55.9 Å². The summed E-state index contributed by atoms with van der Waals surface area (Å²) in [7, 11) is 0. The summed E-state index contributed by atoms with van der Waals surface area (Å²) in [6, 6.07) is 11.8. The van der Waals surface area contributed by atoms with E-state index in [1.165, 1.54) is 6.07 Å². The Bertz CT molecular complexity index is 1090. The van der Waals surface area contributed by atoms with Gasteiger partial charge in [0.1, 0.15) is 5.82 Å². The first kappa shape index (κ1) is 19.1. The molecule has 0 bridgehead atoms. The zero-order chi connectivity index (χ0) is 22.3. The zero-order valence-corrected chi connectivity index (χ0v) is 17.0. The van der Waals surface area contributed by atoms with Crippen LogP contribution >= 0.6 is 0 Å². The Kier molecular flexibility index (Phi) is 5.04. The van der Waals surface area contributed by atoms with Crippen LogP contribution in [0.5, 0.6) is 0 Å². The molecule has 0 aliphatic carbocycles. The van der Waals surface area contributed by atoms with E-state index in [4.69, 9.17) is 1.37 Å². The SMILES string of the molecule is [2H]C1CN(c2cccc(-c3nc4ccc(C(F)(F)F)cc4[nH]3)c2)C(C2CCNCC2)CN1. The van der Waals surface area contributed by atoms with Gasteiger partial charge in [-0.2, -0.15) is 13.2 Å². The second-order valence-electron chi connectivity index (χ2n) is 8.28. The van der Waals surface area contributed by atoms with Crippen LogP contribution in [0.1, 0.15) is 19.8 Å². The predicted octanol–water partition coefficient (Wildman–Crippen LogP) is 4.03. The number of piperazine rings is 1. The number of H-pyrrole nitrogens is 1. The van der Waals surface area contributed by atoms with Crippen molar-refractivity contribution >= 4 is 16.7 Å². The van der Waals surface area contributed by atoms with Gasteiger partial charge in [-0.05, 0) is 62.2 Å². The number of hydrogen-bond acceptors (Lipinski definition) is 4. The summed E-state index contributed by atoms with van der Waals surface area (Å²) in [6.45, 7) is 3.03. The average molecular weight is 430 g/mol. The van der Waals surface area contributed by atoms with Gasteiger partial charge < -0.3 is 20.5 Å². The van der Waals surface area contributed by atoms with Crippen LogP contribution in [0, 0.1) is 5.92 Å². The van der Waals surface area contributed by atoms with E-state index in [-0.39, 0.29) is 6.52 Å². The van der Waals surface area contributed by atoms with Gasteiger partial charge >= 0.3 is 6.18 Å². The number of halogens is 3.